The van der Waals surface area contributed by atoms with Gasteiger partial charge < -0.3 is 14.8 Å². The lowest BCUT2D eigenvalue weighted by atomic mass is 9.84. The number of alkyl carbamates (subject to hydrolysis) is 1. The molecule has 0 unspecified atom stereocenters. The minimum absolute atomic E-state index is 0.164. The molecule has 0 aliphatic heterocycles. The zero-order valence-corrected chi connectivity index (χ0v) is 23.2. The van der Waals surface area contributed by atoms with E-state index in [4.69, 9.17) is 9.47 Å². The Balaban J connectivity index is 1.97. The summed E-state index contributed by atoms with van der Waals surface area (Å²) in [6.07, 6.45) is 1.62. The van der Waals surface area contributed by atoms with Crippen LogP contribution in [0, 0.1) is 0 Å². The number of rotatable bonds is 12. The molecule has 1 N–H and O–H groups in total. The van der Waals surface area contributed by atoms with Crippen LogP contribution in [0.4, 0.5) is 4.79 Å². The molecule has 5 nitrogen and oxygen atoms in total. The number of carbonyl (C=O) groups excluding carboxylic acids is 2. The molecule has 0 aliphatic rings. The highest BCUT2D eigenvalue weighted by molar-refractivity contribution is 8.00. The average molecular weight is 532 g/mol. The zero-order valence-electron chi connectivity index (χ0n) is 22.4. The van der Waals surface area contributed by atoms with E-state index in [1.54, 1.807) is 11.8 Å². The summed E-state index contributed by atoms with van der Waals surface area (Å²) < 4.78 is 10.2. The van der Waals surface area contributed by atoms with E-state index in [0.717, 1.165) is 16.7 Å². The topological polar surface area (TPSA) is 64.6 Å². The molecule has 0 heterocycles. The highest BCUT2D eigenvalue weighted by Crippen LogP contribution is 2.48. The van der Waals surface area contributed by atoms with Crippen molar-refractivity contribution in [3.8, 4) is 0 Å². The molecule has 0 spiro atoms. The summed E-state index contributed by atoms with van der Waals surface area (Å²) in [5, 5.41) is 3.00. The van der Waals surface area contributed by atoms with E-state index >= 15 is 0 Å². The summed E-state index contributed by atoms with van der Waals surface area (Å²) in [6, 6.07) is 30.8. The highest BCUT2D eigenvalue weighted by atomic mass is 32.2. The van der Waals surface area contributed by atoms with Gasteiger partial charge in [0.25, 0.3) is 0 Å². The van der Waals surface area contributed by atoms with Gasteiger partial charge in [0.1, 0.15) is 12.2 Å². The van der Waals surface area contributed by atoms with Crippen LogP contribution in [0.3, 0.4) is 0 Å². The van der Waals surface area contributed by atoms with Crippen LogP contribution < -0.4 is 5.32 Å². The lowest BCUT2D eigenvalue weighted by Gasteiger charge is -2.36. The Kier molecular flexibility index (Phi) is 10.6. The van der Waals surface area contributed by atoms with E-state index in [2.05, 4.69) is 48.3 Å². The molecular formula is C32H37NO4S. The minimum atomic E-state index is -0.632. The van der Waals surface area contributed by atoms with E-state index < -0.39 is 16.4 Å². The standard InChI is InChI=1S/C32H37NO4S/c1-5-23-36-29(34)22-21-28(33-30(35)37-31(2,3)4)24-38-32(25-15-9-6-10-16-25,26-17-11-7-12-18-26)27-19-13-8-14-20-27/h5-20,28H,1,21-24H2,2-4H3,(H,33,35)/t28-/m0/s1. The molecule has 38 heavy (non-hydrogen) atoms. The Labute approximate surface area is 230 Å². The van der Waals surface area contributed by atoms with Crippen molar-refractivity contribution in [3.63, 3.8) is 0 Å². The maximum absolute atomic E-state index is 12.7. The molecule has 3 rings (SSSR count). The summed E-state index contributed by atoms with van der Waals surface area (Å²) >= 11 is 1.73. The van der Waals surface area contributed by atoms with Gasteiger partial charge in [0.2, 0.25) is 0 Å². The maximum Gasteiger partial charge on any atom is 0.407 e. The Bertz CT molecular complexity index is 1060. The van der Waals surface area contributed by atoms with Gasteiger partial charge in [-0.15, -0.1) is 11.8 Å². The SMILES string of the molecule is C=CCOC(=O)CC[C@@H](CSC(c1ccccc1)(c1ccccc1)c1ccccc1)NC(=O)OC(C)(C)C. The normalized spacial score (nSPS) is 12.3. The van der Waals surface area contributed by atoms with Crippen molar-refractivity contribution in [1.29, 1.82) is 0 Å². The van der Waals surface area contributed by atoms with Crippen LogP contribution in [-0.4, -0.2) is 36.1 Å². The third-order valence-electron chi connectivity index (χ3n) is 5.82. The number of thioether (sulfide) groups is 1. The molecule has 3 aromatic rings. The fraction of sp³-hybridized carbons (Fsp3) is 0.312. The largest absolute Gasteiger partial charge is 0.461 e. The molecule has 3 aromatic carbocycles. The first-order valence-corrected chi connectivity index (χ1v) is 13.8. The van der Waals surface area contributed by atoms with Gasteiger partial charge in [-0.1, -0.05) is 104 Å². The van der Waals surface area contributed by atoms with Gasteiger partial charge in [-0.05, 0) is 43.9 Å². The molecular weight excluding hydrogens is 494 g/mol. The molecule has 0 saturated heterocycles. The lowest BCUT2D eigenvalue weighted by molar-refractivity contribution is -0.142. The third kappa shape index (κ3) is 8.25. The Morgan fingerprint density at radius 1 is 0.868 bits per heavy atom. The highest BCUT2D eigenvalue weighted by Gasteiger charge is 2.37. The van der Waals surface area contributed by atoms with Crippen molar-refractivity contribution in [2.75, 3.05) is 12.4 Å². The molecule has 1 atom stereocenters. The van der Waals surface area contributed by atoms with Crippen LogP contribution in [0.5, 0.6) is 0 Å². The van der Waals surface area contributed by atoms with Gasteiger partial charge in [0.05, 0.1) is 4.75 Å². The number of carbonyl (C=O) groups is 2. The van der Waals surface area contributed by atoms with Gasteiger partial charge in [-0.2, -0.15) is 0 Å². The molecule has 6 heteroatoms. The second kappa shape index (κ2) is 13.9. The van der Waals surface area contributed by atoms with Crippen molar-refractivity contribution >= 4 is 23.8 Å². The summed E-state index contributed by atoms with van der Waals surface area (Å²) in [5.41, 5.74) is 2.75. The van der Waals surface area contributed by atoms with E-state index in [1.165, 1.54) is 6.08 Å². The smallest absolute Gasteiger partial charge is 0.407 e. The molecule has 0 aromatic heterocycles. The predicted molar refractivity (Wildman–Crippen MR) is 155 cm³/mol. The summed E-state index contributed by atoms with van der Waals surface area (Å²) in [7, 11) is 0. The van der Waals surface area contributed by atoms with Crippen LogP contribution in [0.15, 0.2) is 104 Å². The Morgan fingerprint density at radius 3 is 1.76 bits per heavy atom. The molecule has 0 saturated carbocycles. The minimum Gasteiger partial charge on any atom is -0.461 e. The molecule has 0 aliphatic carbocycles. The van der Waals surface area contributed by atoms with Gasteiger partial charge >= 0.3 is 12.1 Å². The third-order valence-corrected chi connectivity index (χ3v) is 7.53. The van der Waals surface area contributed by atoms with Crippen molar-refractivity contribution in [2.45, 2.75) is 50.0 Å². The van der Waals surface area contributed by atoms with Gasteiger partial charge in [0, 0.05) is 18.2 Å². The van der Waals surface area contributed by atoms with Gasteiger partial charge in [-0.3, -0.25) is 4.79 Å². The van der Waals surface area contributed by atoms with Crippen molar-refractivity contribution in [3.05, 3.63) is 120 Å². The van der Waals surface area contributed by atoms with Crippen molar-refractivity contribution < 1.29 is 19.1 Å². The predicted octanol–water partition coefficient (Wildman–Crippen LogP) is 7.11. The van der Waals surface area contributed by atoms with Crippen LogP contribution >= 0.6 is 11.8 Å². The summed E-state index contributed by atoms with van der Waals surface area (Å²) in [5.74, 6) is 0.207. The number of nitrogens with one attached hydrogen (secondary N) is 1. The Morgan fingerprint density at radius 2 is 1.34 bits per heavy atom. The average Bonchev–Trinajstić information content (AvgIpc) is 2.91. The first-order chi connectivity index (χ1) is 18.2. The molecule has 200 valence electrons. The van der Waals surface area contributed by atoms with Gasteiger partial charge in [-0.25, -0.2) is 4.79 Å². The van der Waals surface area contributed by atoms with Crippen LogP contribution in [0.25, 0.3) is 0 Å². The number of hydrogen-bond donors (Lipinski definition) is 1. The number of esters is 1. The first kappa shape index (κ1) is 29.1. The molecule has 0 fully saturated rings. The van der Waals surface area contributed by atoms with E-state index in [-0.39, 0.29) is 25.0 Å². The fourth-order valence-electron chi connectivity index (χ4n) is 4.18. The maximum atomic E-state index is 12.7. The number of hydrogen-bond acceptors (Lipinski definition) is 5. The molecule has 0 radical (unpaired) electrons. The van der Waals surface area contributed by atoms with Crippen LogP contribution in [0.2, 0.25) is 0 Å². The second-order valence-electron chi connectivity index (χ2n) is 9.94. The number of benzene rings is 3. The van der Waals surface area contributed by atoms with Crippen molar-refractivity contribution in [1.82, 2.24) is 5.32 Å². The number of amides is 1. The van der Waals surface area contributed by atoms with E-state index in [9.17, 15) is 9.59 Å². The quantitative estimate of drug-likeness (QED) is 0.153. The number of ether oxygens (including phenoxy) is 2. The Hall–Kier alpha value is -3.51. The molecule has 0 bridgehead atoms. The van der Waals surface area contributed by atoms with Crippen molar-refractivity contribution in [2.24, 2.45) is 0 Å². The first-order valence-electron chi connectivity index (χ1n) is 12.8. The van der Waals surface area contributed by atoms with E-state index in [0.29, 0.717) is 12.2 Å². The fourth-order valence-corrected chi connectivity index (χ4v) is 5.79. The molecule has 1 amide bonds. The summed E-state index contributed by atoms with van der Waals surface area (Å²) in [6.45, 7) is 9.24. The van der Waals surface area contributed by atoms with E-state index in [1.807, 2.05) is 75.4 Å². The van der Waals surface area contributed by atoms with Gasteiger partial charge in [0.15, 0.2) is 0 Å². The van der Waals surface area contributed by atoms with Crippen LogP contribution in [-0.2, 0) is 19.0 Å². The second-order valence-corrected chi connectivity index (χ2v) is 11.2. The summed E-state index contributed by atoms with van der Waals surface area (Å²) in [4.78, 5) is 25.0. The lowest BCUT2D eigenvalue weighted by Crippen LogP contribution is -2.41. The monoisotopic (exact) mass is 531 g/mol. The zero-order chi connectivity index (χ0) is 27.4. The van der Waals surface area contributed by atoms with Crippen LogP contribution in [0.1, 0.15) is 50.3 Å².